The summed E-state index contributed by atoms with van der Waals surface area (Å²) in [6.07, 6.45) is 3.74. The van der Waals surface area contributed by atoms with Crippen LogP contribution in [0.1, 0.15) is 38.2 Å². The highest BCUT2D eigenvalue weighted by Crippen LogP contribution is 2.43. The van der Waals surface area contributed by atoms with Crippen molar-refractivity contribution in [3.8, 4) is 0 Å². The zero-order chi connectivity index (χ0) is 20.5. The molecule has 0 bridgehead atoms. The molecule has 3 fully saturated rings. The molecule has 0 aromatic heterocycles. The van der Waals surface area contributed by atoms with Crippen molar-refractivity contribution in [2.24, 2.45) is 11.3 Å². The van der Waals surface area contributed by atoms with Crippen molar-refractivity contribution in [3.05, 3.63) is 35.9 Å². The van der Waals surface area contributed by atoms with Crippen molar-refractivity contribution in [3.63, 3.8) is 0 Å². The van der Waals surface area contributed by atoms with Crippen molar-refractivity contribution < 1.29 is 18.3 Å². The number of sulfonamides is 1. The third kappa shape index (κ3) is 5.02. The maximum Gasteiger partial charge on any atom is 0.218 e. The number of nitrogens with zero attached hydrogens (tertiary/aromatic N) is 2. The molecular weight excluding hydrogens is 388 g/mol. The van der Waals surface area contributed by atoms with Gasteiger partial charge in [-0.05, 0) is 49.1 Å². The van der Waals surface area contributed by atoms with E-state index in [0.717, 1.165) is 57.5 Å². The number of rotatable bonds is 5. The highest BCUT2D eigenvalue weighted by molar-refractivity contribution is 7.88. The van der Waals surface area contributed by atoms with Crippen LogP contribution in [0.3, 0.4) is 0 Å². The first kappa shape index (κ1) is 21.2. The Balaban J connectivity index is 1.28. The Labute approximate surface area is 174 Å². The molecule has 162 valence electrons. The molecule has 1 aromatic carbocycles. The Morgan fingerprint density at radius 3 is 2.59 bits per heavy atom. The average Bonchev–Trinajstić information content (AvgIpc) is 3.07. The SMILES string of the molecule is C[C@@H]1CCN(CC2CC3(CCN(S(=O)(=O)Cc4ccccc4)CC3)CO2)C[C@H]1O. The third-order valence-corrected chi connectivity index (χ3v) is 8.97. The molecule has 3 saturated heterocycles. The maximum absolute atomic E-state index is 12.8. The van der Waals surface area contributed by atoms with Crippen LogP contribution < -0.4 is 0 Å². The van der Waals surface area contributed by atoms with Gasteiger partial charge in [-0.3, -0.25) is 4.90 Å². The molecule has 4 rings (SSSR count). The largest absolute Gasteiger partial charge is 0.392 e. The Bertz CT molecular complexity index is 777. The topological polar surface area (TPSA) is 70.1 Å². The summed E-state index contributed by atoms with van der Waals surface area (Å²) >= 11 is 0. The van der Waals surface area contributed by atoms with E-state index in [2.05, 4.69) is 11.8 Å². The lowest BCUT2D eigenvalue weighted by atomic mass is 9.77. The molecule has 0 amide bonds. The number of ether oxygens (including phenoxy) is 1. The molecule has 3 heterocycles. The van der Waals surface area contributed by atoms with Crippen molar-refractivity contribution in [2.45, 2.75) is 50.6 Å². The van der Waals surface area contributed by atoms with Gasteiger partial charge in [0.1, 0.15) is 0 Å². The van der Waals surface area contributed by atoms with E-state index in [-0.39, 0.29) is 23.4 Å². The Morgan fingerprint density at radius 1 is 1.17 bits per heavy atom. The van der Waals surface area contributed by atoms with E-state index in [1.807, 2.05) is 30.3 Å². The van der Waals surface area contributed by atoms with Crippen molar-refractivity contribution in [1.29, 1.82) is 0 Å². The molecule has 0 saturated carbocycles. The summed E-state index contributed by atoms with van der Waals surface area (Å²) in [5.74, 6) is 0.458. The molecule has 0 radical (unpaired) electrons. The number of aliphatic hydroxyl groups excluding tert-OH is 1. The highest BCUT2D eigenvalue weighted by atomic mass is 32.2. The summed E-state index contributed by atoms with van der Waals surface area (Å²) in [7, 11) is -3.27. The molecule has 7 heteroatoms. The maximum atomic E-state index is 12.8. The molecule has 1 N–H and O–H groups in total. The van der Waals surface area contributed by atoms with Gasteiger partial charge in [0.15, 0.2) is 0 Å². The summed E-state index contributed by atoms with van der Waals surface area (Å²) in [4.78, 5) is 2.33. The number of aliphatic hydroxyl groups is 1. The fourth-order valence-corrected chi connectivity index (χ4v) is 6.58. The zero-order valence-corrected chi connectivity index (χ0v) is 18.2. The summed E-state index contributed by atoms with van der Waals surface area (Å²) in [6.45, 7) is 6.66. The first-order valence-corrected chi connectivity index (χ1v) is 12.5. The number of likely N-dealkylation sites (tertiary alicyclic amines) is 1. The second-order valence-electron chi connectivity index (χ2n) is 9.37. The van der Waals surface area contributed by atoms with E-state index >= 15 is 0 Å². The molecule has 29 heavy (non-hydrogen) atoms. The zero-order valence-electron chi connectivity index (χ0n) is 17.4. The van der Waals surface area contributed by atoms with Gasteiger partial charge in [0.25, 0.3) is 0 Å². The van der Waals surface area contributed by atoms with Crippen LogP contribution in [-0.4, -0.2) is 74.3 Å². The number of β-amino-alcohol motifs (C(OH)–C–C–N with tert-alkyl or cyclic N) is 1. The number of piperidine rings is 2. The second kappa shape index (κ2) is 8.63. The molecule has 1 spiro atoms. The Kier molecular flexibility index (Phi) is 6.33. The minimum Gasteiger partial charge on any atom is -0.392 e. The minimum absolute atomic E-state index is 0.0790. The number of hydrogen-bond acceptors (Lipinski definition) is 5. The highest BCUT2D eigenvalue weighted by Gasteiger charge is 2.44. The van der Waals surface area contributed by atoms with Gasteiger partial charge in [-0.25, -0.2) is 12.7 Å². The predicted molar refractivity (Wildman–Crippen MR) is 113 cm³/mol. The number of benzene rings is 1. The van der Waals surface area contributed by atoms with Crippen LogP contribution in [0.25, 0.3) is 0 Å². The molecule has 6 nitrogen and oxygen atoms in total. The van der Waals surface area contributed by atoms with Gasteiger partial charge in [0, 0.05) is 26.2 Å². The molecule has 0 aliphatic carbocycles. The second-order valence-corrected chi connectivity index (χ2v) is 11.3. The van der Waals surface area contributed by atoms with Gasteiger partial charge in [-0.15, -0.1) is 0 Å². The van der Waals surface area contributed by atoms with Crippen LogP contribution in [0.4, 0.5) is 0 Å². The third-order valence-electron chi connectivity index (χ3n) is 7.12. The van der Waals surface area contributed by atoms with E-state index in [4.69, 9.17) is 4.74 Å². The van der Waals surface area contributed by atoms with Crippen molar-refractivity contribution in [2.75, 3.05) is 39.3 Å². The van der Waals surface area contributed by atoms with Gasteiger partial charge in [0.2, 0.25) is 10.0 Å². The lowest BCUT2D eigenvalue weighted by Gasteiger charge is -2.38. The van der Waals surface area contributed by atoms with Crippen LogP contribution in [0.2, 0.25) is 0 Å². The summed E-state index contributed by atoms with van der Waals surface area (Å²) in [5.41, 5.74) is 0.959. The normalized spacial score (nSPS) is 31.3. The molecule has 3 aliphatic heterocycles. The van der Waals surface area contributed by atoms with Gasteiger partial charge in [-0.2, -0.15) is 0 Å². The van der Waals surface area contributed by atoms with E-state index < -0.39 is 10.0 Å². The lowest BCUT2D eigenvalue weighted by Crippen LogP contribution is -2.46. The van der Waals surface area contributed by atoms with Crippen molar-refractivity contribution >= 4 is 10.0 Å². The minimum atomic E-state index is -3.27. The van der Waals surface area contributed by atoms with E-state index in [1.54, 1.807) is 4.31 Å². The monoisotopic (exact) mass is 422 g/mol. The fraction of sp³-hybridized carbons (Fsp3) is 0.727. The van der Waals surface area contributed by atoms with Gasteiger partial charge >= 0.3 is 0 Å². The summed E-state index contributed by atoms with van der Waals surface area (Å²) in [5, 5.41) is 10.1. The Morgan fingerprint density at radius 2 is 1.90 bits per heavy atom. The molecule has 1 unspecified atom stereocenters. The standard InChI is InChI=1S/C22H34N2O4S/c1-18-7-10-23(15-21(18)25)14-20-13-22(17-28-20)8-11-24(12-9-22)29(26,27)16-19-5-3-2-4-6-19/h2-6,18,20-21,25H,7-17H2,1H3/t18-,20?,21-/m1/s1. The predicted octanol–water partition coefficient (Wildman–Crippen LogP) is 2.09. The van der Waals surface area contributed by atoms with Gasteiger partial charge in [0.05, 0.1) is 24.6 Å². The van der Waals surface area contributed by atoms with E-state index in [0.29, 0.717) is 19.0 Å². The number of hydrogen-bond donors (Lipinski definition) is 1. The Hall–Kier alpha value is -0.990. The van der Waals surface area contributed by atoms with E-state index in [1.165, 1.54) is 0 Å². The van der Waals surface area contributed by atoms with Gasteiger partial charge in [-0.1, -0.05) is 37.3 Å². The molecule has 3 aliphatic rings. The quantitative estimate of drug-likeness (QED) is 0.787. The smallest absolute Gasteiger partial charge is 0.218 e. The van der Waals surface area contributed by atoms with E-state index in [9.17, 15) is 13.5 Å². The summed E-state index contributed by atoms with van der Waals surface area (Å²) < 4.78 is 33.4. The van der Waals surface area contributed by atoms with Crippen LogP contribution in [0.15, 0.2) is 30.3 Å². The first-order chi connectivity index (χ1) is 13.9. The van der Waals surface area contributed by atoms with Crippen LogP contribution in [0.5, 0.6) is 0 Å². The van der Waals surface area contributed by atoms with Crippen LogP contribution in [-0.2, 0) is 20.5 Å². The molecule has 3 atom stereocenters. The average molecular weight is 423 g/mol. The van der Waals surface area contributed by atoms with Crippen LogP contribution in [0, 0.1) is 11.3 Å². The summed E-state index contributed by atoms with van der Waals surface area (Å²) in [6, 6.07) is 9.41. The molecule has 1 aromatic rings. The van der Waals surface area contributed by atoms with Crippen molar-refractivity contribution in [1.82, 2.24) is 9.21 Å². The first-order valence-electron chi connectivity index (χ1n) is 10.9. The lowest BCUT2D eigenvalue weighted by molar-refractivity contribution is 0.00123. The van der Waals surface area contributed by atoms with Gasteiger partial charge < -0.3 is 9.84 Å². The van der Waals surface area contributed by atoms with Crippen LogP contribution >= 0.6 is 0 Å². The molecular formula is C22H34N2O4S. The fourth-order valence-electron chi connectivity index (χ4n) is 5.04.